The van der Waals surface area contributed by atoms with Crippen molar-refractivity contribution in [3.8, 4) is 17.2 Å². The molecule has 2 amide bonds. The summed E-state index contributed by atoms with van der Waals surface area (Å²) in [5.74, 6) is 1.14. The molecule has 1 N–H and O–H groups in total. The van der Waals surface area contributed by atoms with E-state index in [9.17, 15) is 9.59 Å². The van der Waals surface area contributed by atoms with E-state index in [1.807, 2.05) is 30.3 Å². The Morgan fingerprint density at radius 3 is 2.41 bits per heavy atom. The van der Waals surface area contributed by atoms with Gasteiger partial charge in [0.05, 0.1) is 19.2 Å². The summed E-state index contributed by atoms with van der Waals surface area (Å²) < 4.78 is 16.0. The molecule has 160 valence electrons. The van der Waals surface area contributed by atoms with Crippen molar-refractivity contribution in [3.63, 3.8) is 0 Å². The molecule has 32 heavy (non-hydrogen) atoms. The lowest BCUT2D eigenvalue weighted by atomic mass is 10.0. The number of carbonyl (C=O) groups is 2. The summed E-state index contributed by atoms with van der Waals surface area (Å²) >= 11 is 0. The van der Waals surface area contributed by atoms with Gasteiger partial charge in [0.15, 0.2) is 11.5 Å². The standard InChI is InChI=1S/C25H20N2O5/c1-30-19-10-7-17(8-11-19)22-23(26-18-9-12-20-21(13-18)32-15-31-20)25(29)27(24(22)28)14-16-5-3-2-4-6-16/h2-13,26H,14-15H2,1H3. The maximum absolute atomic E-state index is 13.4. The molecule has 5 rings (SSSR count). The Labute approximate surface area is 184 Å². The van der Waals surface area contributed by atoms with E-state index >= 15 is 0 Å². The Morgan fingerprint density at radius 2 is 1.66 bits per heavy atom. The zero-order chi connectivity index (χ0) is 22.1. The van der Waals surface area contributed by atoms with Crippen LogP contribution in [0.15, 0.2) is 78.5 Å². The number of amides is 2. The third-order valence-corrected chi connectivity index (χ3v) is 5.37. The van der Waals surface area contributed by atoms with Crippen LogP contribution < -0.4 is 19.5 Å². The minimum atomic E-state index is -0.387. The van der Waals surface area contributed by atoms with Gasteiger partial charge >= 0.3 is 0 Å². The molecular formula is C25H20N2O5. The number of imide groups is 1. The first kappa shape index (κ1) is 19.7. The lowest BCUT2D eigenvalue weighted by Gasteiger charge is -2.15. The molecule has 3 aromatic rings. The molecule has 0 radical (unpaired) electrons. The van der Waals surface area contributed by atoms with Gasteiger partial charge in [-0.1, -0.05) is 42.5 Å². The highest BCUT2D eigenvalue weighted by atomic mass is 16.7. The molecule has 0 aliphatic carbocycles. The SMILES string of the molecule is COc1ccc(C2=C(Nc3ccc4c(c3)OCO4)C(=O)N(Cc3ccccc3)C2=O)cc1. The second-order valence-corrected chi connectivity index (χ2v) is 7.35. The van der Waals surface area contributed by atoms with Gasteiger partial charge in [0, 0.05) is 11.8 Å². The summed E-state index contributed by atoms with van der Waals surface area (Å²) in [7, 11) is 1.58. The normalized spacial score (nSPS) is 14.8. The molecule has 2 heterocycles. The predicted molar refractivity (Wildman–Crippen MR) is 118 cm³/mol. The Bertz CT molecular complexity index is 1220. The lowest BCUT2D eigenvalue weighted by molar-refractivity contribution is -0.137. The van der Waals surface area contributed by atoms with Crippen molar-refractivity contribution in [2.75, 3.05) is 19.2 Å². The highest BCUT2D eigenvalue weighted by molar-refractivity contribution is 6.36. The molecule has 3 aromatic carbocycles. The largest absolute Gasteiger partial charge is 0.497 e. The van der Waals surface area contributed by atoms with E-state index in [-0.39, 0.29) is 30.8 Å². The first-order chi connectivity index (χ1) is 15.6. The molecule has 7 nitrogen and oxygen atoms in total. The average Bonchev–Trinajstić information content (AvgIpc) is 3.38. The van der Waals surface area contributed by atoms with Gasteiger partial charge in [0.1, 0.15) is 11.4 Å². The zero-order valence-corrected chi connectivity index (χ0v) is 17.3. The topological polar surface area (TPSA) is 77.1 Å². The first-order valence-electron chi connectivity index (χ1n) is 10.1. The van der Waals surface area contributed by atoms with E-state index in [0.29, 0.717) is 34.1 Å². The third kappa shape index (κ3) is 3.54. The molecule has 0 bridgehead atoms. The van der Waals surface area contributed by atoms with Crippen LogP contribution in [0.1, 0.15) is 11.1 Å². The third-order valence-electron chi connectivity index (χ3n) is 5.37. The number of hydrogen-bond donors (Lipinski definition) is 1. The van der Waals surface area contributed by atoms with Crippen LogP contribution in [0, 0.1) is 0 Å². The zero-order valence-electron chi connectivity index (χ0n) is 17.3. The van der Waals surface area contributed by atoms with Crippen LogP contribution in [0.2, 0.25) is 0 Å². The predicted octanol–water partition coefficient (Wildman–Crippen LogP) is 3.82. The molecule has 0 unspecified atom stereocenters. The van der Waals surface area contributed by atoms with Crippen molar-refractivity contribution >= 4 is 23.1 Å². The molecule has 2 aliphatic rings. The van der Waals surface area contributed by atoms with Crippen LogP contribution >= 0.6 is 0 Å². The highest BCUT2D eigenvalue weighted by Crippen LogP contribution is 2.37. The maximum atomic E-state index is 13.4. The number of nitrogens with one attached hydrogen (secondary N) is 1. The molecule has 0 aromatic heterocycles. The monoisotopic (exact) mass is 428 g/mol. The van der Waals surface area contributed by atoms with Crippen molar-refractivity contribution in [1.82, 2.24) is 4.90 Å². The van der Waals surface area contributed by atoms with E-state index < -0.39 is 0 Å². The maximum Gasteiger partial charge on any atom is 0.278 e. The van der Waals surface area contributed by atoms with Crippen molar-refractivity contribution in [3.05, 3.63) is 89.6 Å². The lowest BCUT2D eigenvalue weighted by Crippen LogP contribution is -2.31. The number of nitrogens with zero attached hydrogens (tertiary/aromatic N) is 1. The van der Waals surface area contributed by atoms with Gasteiger partial charge in [-0.15, -0.1) is 0 Å². The van der Waals surface area contributed by atoms with Gasteiger partial charge in [0.2, 0.25) is 6.79 Å². The van der Waals surface area contributed by atoms with Crippen molar-refractivity contribution in [2.24, 2.45) is 0 Å². The molecule has 0 saturated carbocycles. The van der Waals surface area contributed by atoms with Crippen molar-refractivity contribution in [2.45, 2.75) is 6.54 Å². The fourth-order valence-corrected chi connectivity index (χ4v) is 3.75. The molecule has 0 fully saturated rings. The fourth-order valence-electron chi connectivity index (χ4n) is 3.75. The smallest absolute Gasteiger partial charge is 0.278 e. The molecule has 0 spiro atoms. The van der Waals surface area contributed by atoms with Crippen LogP contribution in [0.3, 0.4) is 0 Å². The Kier molecular flexibility index (Phi) is 4.99. The molecule has 0 atom stereocenters. The van der Waals surface area contributed by atoms with Gasteiger partial charge < -0.3 is 19.5 Å². The summed E-state index contributed by atoms with van der Waals surface area (Å²) in [4.78, 5) is 28.0. The number of hydrogen-bond acceptors (Lipinski definition) is 6. The van der Waals surface area contributed by atoms with Crippen LogP contribution in [0.5, 0.6) is 17.2 Å². The summed E-state index contributed by atoms with van der Waals surface area (Å²) in [6, 6.07) is 21.8. The van der Waals surface area contributed by atoms with Crippen LogP contribution in [0.4, 0.5) is 5.69 Å². The quantitative estimate of drug-likeness (QED) is 0.602. The minimum absolute atomic E-state index is 0.154. The van der Waals surface area contributed by atoms with Crippen LogP contribution in [-0.2, 0) is 16.1 Å². The number of methoxy groups -OCH3 is 1. The number of fused-ring (bicyclic) bond motifs is 1. The van der Waals surface area contributed by atoms with Gasteiger partial charge in [-0.05, 0) is 35.4 Å². The summed E-state index contributed by atoms with van der Waals surface area (Å²) in [5, 5.41) is 3.14. The molecule has 2 aliphatic heterocycles. The summed E-state index contributed by atoms with van der Waals surface area (Å²) in [6.45, 7) is 0.339. The van der Waals surface area contributed by atoms with Crippen LogP contribution in [-0.4, -0.2) is 30.6 Å². The number of carbonyl (C=O) groups excluding carboxylic acids is 2. The van der Waals surface area contributed by atoms with Crippen molar-refractivity contribution < 1.29 is 23.8 Å². The van der Waals surface area contributed by atoms with Gasteiger partial charge in [0.25, 0.3) is 11.8 Å². The van der Waals surface area contributed by atoms with Crippen molar-refractivity contribution in [1.29, 1.82) is 0 Å². The number of anilines is 1. The first-order valence-corrected chi connectivity index (χ1v) is 10.1. The van der Waals surface area contributed by atoms with E-state index in [1.54, 1.807) is 49.6 Å². The summed E-state index contributed by atoms with van der Waals surface area (Å²) in [6.07, 6.45) is 0. The Balaban J connectivity index is 1.53. The summed E-state index contributed by atoms with van der Waals surface area (Å²) in [5.41, 5.74) is 2.65. The number of rotatable bonds is 6. The second kappa shape index (κ2) is 8.11. The van der Waals surface area contributed by atoms with E-state index in [1.165, 1.54) is 4.90 Å². The van der Waals surface area contributed by atoms with Gasteiger partial charge in [-0.2, -0.15) is 0 Å². The van der Waals surface area contributed by atoms with E-state index in [0.717, 1.165) is 5.56 Å². The van der Waals surface area contributed by atoms with Gasteiger partial charge in [-0.3, -0.25) is 14.5 Å². The van der Waals surface area contributed by atoms with Gasteiger partial charge in [-0.25, -0.2) is 0 Å². The molecule has 7 heteroatoms. The second-order valence-electron chi connectivity index (χ2n) is 7.35. The highest BCUT2D eigenvalue weighted by Gasteiger charge is 2.39. The molecule has 0 saturated heterocycles. The number of ether oxygens (including phenoxy) is 3. The van der Waals surface area contributed by atoms with E-state index in [2.05, 4.69) is 5.32 Å². The van der Waals surface area contributed by atoms with E-state index in [4.69, 9.17) is 14.2 Å². The Morgan fingerprint density at radius 1 is 0.906 bits per heavy atom. The number of benzene rings is 3. The molecular weight excluding hydrogens is 408 g/mol. The minimum Gasteiger partial charge on any atom is -0.497 e. The Hall–Kier alpha value is -4.26. The fraction of sp³-hybridized carbons (Fsp3) is 0.120. The average molecular weight is 428 g/mol. The van der Waals surface area contributed by atoms with Crippen LogP contribution in [0.25, 0.3) is 5.57 Å².